The monoisotopic (exact) mass is 370 g/mol. The van der Waals surface area contributed by atoms with Crippen molar-refractivity contribution >= 4 is 22.4 Å². The molecule has 1 aliphatic heterocycles. The largest absolute Gasteiger partial charge is 0.368 e. The number of anilines is 1. The highest BCUT2D eigenvalue weighted by Gasteiger charge is 2.24. The Morgan fingerprint density at radius 3 is 2.69 bits per heavy atom. The van der Waals surface area contributed by atoms with Gasteiger partial charge in [0.15, 0.2) is 5.65 Å². The van der Waals surface area contributed by atoms with E-state index >= 15 is 0 Å². The Morgan fingerprint density at radius 1 is 1.23 bits per heavy atom. The molecule has 1 unspecified atom stereocenters. The molecule has 0 radical (unpaired) electrons. The van der Waals surface area contributed by atoms with Crippen molar-refractivity contribution in [2.75, 3.05) is 18.8 Å². The molecule has 3 heterocycles. The highest BCUT2D eigenvalue weighted by molar-refractivity contribution is 7.85. The zero-order chi connectivity index (χ0) is 18.1. The Bertz CT molecular complexity index is 936. The lowest BCUT2D eigenvalue weighted by Gasteiger charge is -2.21. The molecule has 7 nitrogen and oxygen atoms in total. The maximum absolute atomic E-state index is 12.8. The Kier molecular flexibility index (Phi) is 4.69. The summed E-state index contributed by atoms with van der Waals surface area (Å²) in [6.45, 7) is 3.84. The van der Waals surface area contributed by atoms with Crippen LogP contribution in [0.5, 0.6) is 0 Å². The summed E-state index contributed by atoms with van der Waals surface area (Å²) in [5.74, 6) is 0.328. The number of aromatic nitrogens is 4. The average Bonchev–Trinajstić information content (AvgIpc) is 3.13. The molecule has 2 aromatic heterocycles. The van der Waals surface area contributed by atoms with Crippen molar-refractivity contribution < 1.29 is 4.21 Å². The highest BCUT2D eigenvalue weighted by atomic mass is 32.2. The fraction of sp³-hybridized carbons (Fsp3) is 0.389. The lowest BCUT2D eigenvalue weighted by molar-refractivity contribution is 0.517. The number of hydrogen-bond donors (Lipinski definition) is 2. The van der Waals surface area contributed by atoms with Gasteiger partial charge in [0, 0.05) is 17.2 Å². The van der Waals surface area contributed by atoms with Crippen LogP contribution >= 0.6 is 0 Å². The number of hydrogen-bond acceptors (Lipinski definition) is 6. The molecule has 3 N–H and O–H groups in total. The normalized spacial score (nSPS) is 18.0. The van der Waals surface area contributed by atoms with Gasteiger partial charge >= 0.3 is 0 Å². The van der Waals surface area contributed by atoms with Gasteiger partial charge in [0.2, 0.25) is 11.1 Å². The molecule has 0 saturated carbocycles. The summed E-state index contributed by atoms with van der Waals surface area (Å²) in [5.41, 5.74) is 8.70. The van der Waals surface area contributed by atoms with Crippen molar-refractivity contribution in [2.45, 2.75) is 36.1 Å². The standard InChI is InChI=1S/C18H22N6OS/c1-12(13-5-3-2-4-6-13)15-11-16-21-18(22-17(19)24(16)23-15)26(25)14-7-9-20-10-8-14/h2-6,11-12,14,20H,7-10H2,1H3,(H2,19,21,22)/t12-,26?/m0/s1. The first-order valence-electron chi connectivity index (χ1n) is 8.83. The number of nitrogens with one attached hydrogen (secondary N) is 1. The van der Waals surface area contributed by atoms with Crippen LogP contribution in [0.4, 0.5) is 5.95 Å². The van der Waals surface area contributed by atoms with Crippen molar-refractivity contribution in [3.63, 3.8) is 0 Å². The van der Waals surface area contributed by atoms with Crippen LogP contribution in [-0.4, -0.2) is 42.1 Å². The van der Waals surface area contributed by atoms with Gasteiger partial charge < -0.3 is 11.1 Å². The molecule has 1 aliphatic rings. The van der Waals surface area contributed by atoms with E-state index in [9.17, 15) is 4.21 Å². The summed E-state index contributed by atoms with van der Waals surface area (Å²) in [4.78, 5) is 8.77. The first kappa shape index (κ1) is 17.1. The van der Waals surface area contributed by atoms with E-state index < -0.39 is 10.8 Å². The third-order valence-electron chi connectivity index (χ3n) is 4.86. The first-order chi connectivity index (χ1) is 12.6. The van der Waals surface area contributed by atoms with Gasteiger partial charge in [0.1, 0.15) is 0 Å². The fourth-order valence-electron chi connectivity index (χ4n) is 3.28. The summed E-state index contributed by atoms with van der Waals surface area (Å²) in [6, 6.07) is 12.1. The number of piperidine rings is 1. The summed E-state index contributed by atoms with van der Waals surface area (Å²) in [6.07, 6.45) is 1.72. The molecular formula is C18H22N6OS. The molecule has 0 amide bonds. The summed E-state index contributed by atoms with van der Waals surface area (Å²) in [7, 11) is -1.26. The molecule has 1 fully saturated rings. The molecule has 8 heteroatoms. The number of nitrogens with two attached hydrogens (primary N) is 1. The van der Waals surface area contributed by atoms with E-state index in [1.54, 1.807) is 0 Å². The van der Waals surface area contributed by atoms with Gasteiger partial charge in [-0.2, -0.15) is 14.6 Å². The second kappa shape index (κ2) is 7.13. The van der Waals surface area contributed by atoms with Crippen molar-refractivity contribution in [2.24, 2.45) is 0 Å². The van der Waals surface area contributed by atoms with E-state index in [1.807, 2.05) is 24.3 Å². The Morgan fingerprint density at radius 2 is 1.96 bits per heavy atom. The van der Waals surface area contributed by atoms with Crippen molar-refractivity contribution in [1.82, 2.24) is 24.9 Å². The van der Waals surface area contributed by atoms with Gasteiger partial charge in [0.05, 0.1) is 16.5 Å². The molecule has 0 aliphatic carbocycles. The van der Waals surface area contributed by atoms with Crippen molar-refractivity contribution in [3.8, 4) is 0 Å². The topological polar surface area (TPSA) is 98.2 Å². The molecule has 4 rings (SSSR count). The van der Waals surface area contributed by atoms with E-state index in [0.717, 1.165) is 31.6 Å². The Labute approximate surface area is 154 Å². The summed E-state index contributed by atoms with van der Waals surface area (Å²) < 4.78 is 14.4. The van der Waals surface area contributed by atoms with Gasteiger partial charge in [-0.3, -0.25) is 4.21 Å². The van der Waals surface area contributed by atoms with Crippen LogP contribution in [0.15, 0.2) is 41.6 Å². The van der Waals surface area contributed by atoms with E-state index in [-0.39, 0.29) is 17.1 Å². The highest BCUT2D eigenvalue weighted by Crippen LogP contribution is 2.25. The predicted molar refractivity (Wildman–Crippen MR) is 101 cm³/mol. The smallest absolute Gasteiger partial charge is 0.225 e. The minimum Gasteiger partial charge on any atom is -0.368 e. The molecule has 2 atom stereocenters. The number of nitrogen functional groups attached to an aromatic ring is 1. The number of rotatable bonds is 4. The first-order valence-corrected chi connectivity index (χ1v) is 10.0. The van der Waals surface area contributed by atoms with Gasteiger partial charge in [-0.1, -0.05) is 37.3 Å². The maximum atomic E-state index is 12.8. The molecule has 136 valence electrons. The number of fused-ring (bicyclic) bond motifs is 1. The quantitative estimate of drug-likeness (QED) is 0.726. The van der Waals surface area contributed by atoms with E-state index in [2.05, 4.69) is 39.4 Å². The molecular weight excluding hydrogens is 348 g/mol. The summed E-state index contributed by atoms with van der Waals surface area (Å²) in [5, 5.41) is 8.22. The average molecular weight is 370 g/mol. The minimum absolute atomic E-state index is 0.0729. The zero-order valence-electron chi connectivity index (χ0n) is 14.6. The second-order valence-electron chi connectivity index (χ2n) is 6.58. The predicted octanol–water partition coefficient (Wildman–Crippen LogP) is 1.72. The second-order valence-corrected chi connectivity index (χ2v) is 8.21. The van der Waals surface area contributed by atoms with Crippen LogP contribution in [0.2, 0.25) is 0 Å². The third-order valence-corrected chi connectivity index (χ3v) is 6.48. The third kappa shape index (κ3) is 3.22. The van der Waals surface area contributed by atoms with Gasteiger partial charge in [0.25, 0.3) is 0 Å². The van der Waals surface area contributed by atoms with Crippen LogP contribution in [0.1, 0.15) is 36.9 Å². The fourth-order valence-corrected chi connectivity index (χ4v) is 4.61. The molecule has 1 saturated heterocycles. The Balaban J connectivity index is 1.68. The van der Waals surface area contributed by atoms with E-state index in [0.29, 0.717) is 10.8 Å². The van der Waals surface area contributed by atoms with Crippen molar-refractivity contribution in [3.05, 3.63) is 47.7 Å². The van der Waals surface area contributed by atoms with Crippen LogP contribution in [0, 0.1) is 0 Å². The van der Waals surface area contributed by atoms with E-state index in [4.69, 9.17) is 5.73 Å². The van der Waals surface area contributed by atoms with Gasteiger partial charge in [-0.15, -0.1) is 0 Å². The van der Waals surface area contributed by atoms with Gasteiger partial charge in [-0.05, 0) is 31.5 Å². The SMILES string of the molecule is C[C@@H](c1ccccc1)c1cc2nc(S(=O)C3CCNCC3)nc(N)n2n1. The van der Waals surface area contributed by atoms with E-state index in [1.165, 1.54) is 10.1 Å². The van der Waals surface area contributed by atoms with Crippen LogP contribution in [-0.2, 0) is 10.8 Å². The zero-order valence-corrected chi connectivity index (χ0v) is 15.4. The summed E-state index contributed by atoms with van der Waals surface area (Å²) >= 11 is 0. The minimum atomic E-state index is -1.26. The number of nitrogens with zero attached hydrogens (tertiary/aromatic N) is 4. The number of benzene rings is 1. The maximum Gasteiger partial charge on any atom is 0.225 e. The molecule has 0 spiro atoms. The Hall–Kier alpha value is -2.32. The lowest BCUT2D eigenvalue weighted by atomic mass is 9.98. The molecule has 3 aromatic rings. The van der Waals surface area contributed by atoms with Crippen LogP contribution in [0.3, 0.4) is 0 Å². The molecule has 26 heavy (non-hydrogen) atoms. The van der Waals surface area contributed by atoms with Crippen LogP contribution in [0.25, 0.3) is 5.65 Å². The molecule has 1 aromatic carbocycles. The molecule has 0 bridgehead atoms. The van der Waals surface area contributed by atoms with Gasteiger partial charge in [-0.25, -0.2) is 4.98 Å². The lowest BCUT2D eigenvalue weighted by Crippen LogP contribution is -2.34. The van der Waals surface area contributed by atoms with Crippen molar-refractivity contribution in [1.29, 1.82) is 0 Å². The van der Waals surface area contributed by atoms with Crippen LogP contribution < -0.4 is 11.1 Å².